The lowest BCUT2D eigenvalue weighted by Crippen LogP contribution is -2.24. The lowest BCUT2D eigenvalue weighted by atomic mass is 10.2. The van der Waals surface area contributed by atoms with Crippen molar-refractivity contribution in [2.75, 3.05) is 12.9 Å². The van der Waals surface area contributed by atoms with E-state index >= 15 is 0 Å². The SMILES string of the molecule is COc1ccc(CNC(=O)CSc2nc(CSc3ccccc3)cc(=O)[nH]2)cc1. The number of hydrogen-bond acceptors (Lipinski definition) is 6. The van der Waals surface area contributed by atoms with Gasteiger partial charge in [0, 0.05) is 23.3 Å². The van der Waals surface area contributed by atoms with E-state index in [1.165, 1.54) is 17.8 Å². The maximum atomic E-state index is 12.1. The van der Waals surface area contributed by atoms with E-state index in [1.54, 1.807) is 18.9 Å². The Morgan fingerprint density at radius 3 is 2.59 bits per heavy atom. The number of aromatic nitrogens is 2. The molecule has 2 N–H and O–H groups in total. The number of ether oxygens (including phenoxy) is 1. The number of rotatable bonds is 9. The number of nitrogens with zero attached hydrogens (tertiary/aromatic N) is 1. The van der Waals surface area contributed by atoms with Gasteiger partial charge in [0.2, 0.25) is 5.91 Å². The van der Waals surface area contributed by atoms with Crippen LogP contribution in [0.1, 0.15) is 11.3 Å². The van der Waals surface area contributed by atoms with Crippen molar-refractivity contribution in [1.82, 2.24) is 15.3 Å². The summed E-state index contributed by atoms with van der Waals surface area (Å²) in [7, 11) is 1.61. The third-order valence-electron chi connectivity index (χ3n) is 3.89. The zero-order valence-electron chi connectivity index (χ0n) is 15.9. The predicted octanol–water partition coefficient (Wildman–Crippen LogP) is 3.48. The molecular weight excluding hydrogens is 406 g/mol. The molecule has 2 aromatic carbocycles. The van der Waals surface area contributed by atoms with Crippen LogP contribution in [0, 0.1) is 0 Å². The molecule has 0 saturated carbocycles. The number of carbonyl (C=O) groups excluding carboxylic acids is 1. The topological polar surface area (TPSA) is 84.1 Å². The molecule has 1 heterocycles. The summed E-state index contributed by atoms with van der Waals surface area (Å²) in [6, 6.07) is 18.9. The predicted molar refractivity (Wildman–Crippen MR) is 116 cm³/mol. The van der Waals surface area contributed by atoms with Crippen molar-refractivity contribution in [3.8, 4) is 5.75 Å². The van der Waals surface area contributed by atoms with Crippen molar-refractivity contribution < 1.29 is 9.53 Å². The molecule has 0 atom stereocenters. The van der Waals surface area contributed by atoms with E-state index in [4.69, 9.17) is 4.74 Å². The first-order chi connectivity index (χ1) is 14.1. The summed E-state index contributed by atoms with van der Waals surface area (Å²) in [5.41, 5.74) is 1.45. The third-order valence-corrected chi connectivity index (χ3v) is 5.81. The highest BCUT2D eigenvalue weighted by atomic mass is 32.2. The summed E-state index contributed by atoms with van der Waals surface area (Å²) in [6.45, 7) is 0.432. The maximum absolute atomic E-state index is 12.1. The molecule has 150 valence electrons. The Labute approximate surface area is 177 Å². The first-order valence-electron chi connectivity index (χ1n) is 8.93. The molecular formula is C21H21N3O3S2. The molecule has 29 heavy (non-hydrogen) atoms. The van der Waals surface area contributed by atoms with Crippen LogP contribution in [0.2, 0.25) is 0 Å². The second-order valence-corrected chi connectivity index (χ2v) is 8.07. The minimum atomic E-state index is -0.218. The van der Waals surface area contributed by atoms with E-state index in [0.29, 0.717) is 23.1 Å². The zero-order chi connectivity index (χ0) is 20.5. The Bertz CT molecular complexity index is 992. The molecule has 8 heteroatoms. The van der Waals surface area contributed by atoms with Crippen LogP contribution in [0.4, 0.5) is 0 Å². The fourth-order valence-corrected chi connectivity index (χ4v) is 3.97. The van der Waals surface area contributed by atoms with Crippen LogP contribution in [0.3, 0.4) is 0 Å². The molecule has 3 aromatic rings. The highest BCUT2D eigenvalue weighted by molar-refractivity contribution is 7.99. The van der Waals surface area contributed by atoms with Gasteiger partial charge in [0.25, 0.3) is 5.56 Å². The van der Waals surface area contributed by atoms with Gasteiger partial charge in [-0.2, -0.15) is 0 Å². The van der Waals surface area contributed by atoms with Crippen LogP contribution in [-0.2, 0) is 17.1 Å². The van der Waals surface area contributed by atoms with Gasteiger partial charge in [0.15, 0.2) is 5.16 Å². The smallest absolute Gasteiger partial charge is 0.251 e. The summed E-state index contributed by atoms with van der Waals surface area (Å²) in [4.78, 5) is 32.3. The number of nitrogens with one attached hydrogen (secondary N) is 2. The van der Waals surface area contributed by atoms with E-state index in [9.17, 15) is 9.59 Å². The van der Waals surface area contributed by atoms with E-state index in [2.05, 4.69) is 15.3 Å². The second-order valence-electron chi connectivity index (χ2n) is 6.06. The molecule has 0 spiro atoms. The van der Waals surface area contributed by atoms with Gasteiger partial charge in [-0.3, -0.25) is 9.59 Å². The number of hydrogen-bond donors (Lipinski definition) is 2. The molecule has 1 amide bonds. The summed E-state index contributed by atoms with van der Waals surface area (Å²) < 4.78 is 5.12. The molecule has 6 nitrogen and oxygen atoms in total. The Hall–Kier alpha value is -2.71. The lowest BCUT2D eigenvalue weighted by Gasteiger charge is -2.07. The normalized spacial score (nSPS) is 10.5. The highest BCUT2D eigenvalue weighted by Gasteiger charge is 2.07. The molecule has 0 bridgehead atoms. The Balaban J connectivity index is 1.49. The molecule has 0 aliphatic carbocycles. The van der Waals surface area contributed by atoms with E-state index < -0.39 is 0 Å². The second kappa shape index (κ2) is 10.7. The zero-order valence-corrected chi connectivity index (χ0v) is 17.5. The minimum absolute atomic E-state index is 0.127. The van der Waals surface area contributed by atoms with Crippen molar-refractivity contribution in [2.45, 2.75) is 22.3 Å². The van der Waals surface area contributed by atoms with Gasteiger partial charge in [0.05, 0.1) is 18.6 Å². The fraction of sp³-hybridized carbons (Fsp3) is 0.190. The first kappa shape index (κ1) is 21.0. The Morgan fingerprint density at radius 1 is 1.10 bits per heavy atom. The maximum Gasteiger partial charge on any atom is 0.251 e. The Kier molecular flexibility index (Phi) is 7.77. The van der Waals surface area contributed by atoms with E-state index in [-0.39, 0.29) is 17.2 Å². The van der Waals surface area contributed by atoms with Crippen LogP contribution in [0.25, 0.3) is 0 Å². The van der Waals surface area contributed by atoms with Gasteiger partial charge in [-0.25, -0.2) is 4.98 Å². The number of carbonyl (C=O) groups is 1. The highest BCUT2D eigenvalue weighted by Crippen LogP contribution is 2.21. The van der Waals surface area contributed by atoms with Crippen LogP contribution in [0.5, 0.6) is 5.75 Å². The summed E-state index contributed by atoms with van der Waals surface area (Å²) in [6.07, 6.45) is 0. The third kappa shape index (κ3) is 6.99. The number of methoxy groups -OCH3 is 1. The molecule has 1 aromatic heterocycles. The van der Waals surface area contributed by atoms with Gasteiger partial charge < -0.3 is 15.0 Å². The molecule has 0 radical (unpaired) electrons. The van der Waals surface area contributed by atoms with Gasteiger partial charge in [-0.05, 0) is 29.8 Å². The van der Waals surface area contributed by atoms with Gasteiger partial charge in [0.1, 0.15) is 5.75 Å². The van der Waals surface area contributed by atoms with Crippen molar-refractivity contribution in [1.29, 1.82) is 0 Å². The number of benzene rings is 2. The van der Waals surface area contributed by atoms with Crippen LogP contribution in [0.15, 0.2) is 75.5 Å². The standard InChI is InChI=1S/C21H21N3O3S2/c1-27-17-9-7-15(8-10-17)12-22-20(26)14-29-21-23-16(11-19(25)24-21)13-28-18-5-3-2-4-6-18/h2-11H,12-14H2,1H3,(H,22,26)(H,23,24,25). The summed E-state index contributed by atoms with van der Waals surface area (Å²) >= 11 is 2.82. The van der Waals surface area contributed by atoms with Crippen molar-refractivity contribution in [3.05, 3.63) is 82.3 Å². The molecule has 3 rings (SSSR count). The molecule has 0 saturated heterocycles. The van der Waals surface area contributed by atoms with E-state index in [0.717, 1.165) is 16.2 Å². The summed E-state index contributed by atoms with van der Waals surface area (Å²) in [5, 5.41) is 3.30. The summed E-state index contributed by atoms with van der Waals surface area (Å²) in [5.74, 6) is 1.41. The van der Waals surface area contributed by atoms with Gasteiger partial charge in [-0.15, -0.1) is 11.8 Å². The van der Waals surface area contributed by atoms with E-state index in [1.807, 2.05) is 54.6 Å². The minimum Gasteiger partial charge on any atom is -0.497 e. The largest absolute Gasteiger partial charge is 0.497 e. The number of thioether (sulfide) groups is 2. The molecule has 0 aliphatic heterocycles. The molecule has 0 unspecified atom stereocenters. The van der Waals surface area contributed by atoms with Crippen molar-refractivity contribution in [3.63, 3.8) is 0 Å². The van der Waals surface area contributed by atoms with Crippen molar-refractivity contribution in [2.24, 2.45) is 0 Å². The van der Waals surface area contributed by atoms with Crippen LogP contribution < -0.4 is 15.6 Å². The fourth-order valence-electron chi connectivity index (χ4n) is 2.43. The van der Waals surface area contributed by atoms with Crippen LogP contribution in [-0.4, -0.2) is 28.7 Å². The molecule has 0 aliphatic rings. The number of H-pyrrole nitrogens is 1. The first-order valence-corrected chi connectivity index (χ1v) is 10.9. The van der Waals surface area contributed by atoms with Gasteiger partial charge in [-0.1, -0.05) is 42.1 Å². The number of amides is 1. The quantitative estimate of drug-likeness (QED) is 0.402. The molecule has 0 fully saturated rings. The van der Waals surface area contributed by atoms with Crippen molar-refractivity contribution >= 4 is 29.4 Å². The Morgan fingerprint density at radius 2 is 1.86 bits per heavy atom. The average molecular weight is 428 g/mol. The van der Waals surface area contributed by atoms with Crippen LogP contribution >= 0.6 is 23.5 Å². The lowest BCUT2D eigenvalue weighted by molar-refractivity contribution is -0.118. The monoisotopic (exact) mass is 427 g/mol. The average Bonchev–Trinajstić information content (AvgIpc) is 2.75. The number of aromatic amines is 1. The van der Waals surface area contributed by atoms with Gasteiger partial charge >= 0.3 is 0 Å².